The number of carbonyl (C=O) groups is 1. The van der Waals surface area contributed by atoms with Crippen LogP contribution in [0.25, 0.3) is 0 Å². The number of benzene rings is 1. The van der Waals surface area contributed by atoms with E-state index in [9.17, 15) is 9.90 Å². The molecule has 0 aliphatic heterocycles. The molecule has 17 heavy (non-hydrogen) atoms. The van der Waals surface area contributed by atoms with Gasteiger partial charge in [-0.2, -0.15) is 5.26 Å². The van der Waals surface area contributed by atoms with E-state index in [1.807, 2.05) is 0 Å². The van der Waals surface area contributed by atoms with Crippen LogP contribution in [0.15, 0.2) is 24.3 Å². The van der Waals surface area contributed by atoms with Crippen molar-refractivity contribution in [2.75, 3.05) is 0 Å². The number of rotatable bonds is 4. The smallest absolute Gasteiger partial charge is 0.225 e. The van der Waals surface area contributed by atoms with Gasteiger partial charge in [-0.15, -0.1) is 0 Å². The van der Waals surface area contributed by atoms with Gasteiger partial charge in [0.25, 0.3) is 0 Å². The van der Waals surface area contributed by atoms with Crippen LogP contribution in [0.5, 0.6) is 5.75 Å². The van der Waals surface area contributed by atoms with Crippen LogP contribution in [0.3, 0.4) is 0 Å². The second-order valence-corrected chi connectivity index (χ2v) is 4.36. The fourth-order valence-corrected chi connectivity index (χ4v) is 1.76. The first kappa shape index (κ1) is 11.5. The van der Waals surface area contributed by atoms with Crippen LogP contribution in [-0.2, 0) is 11.2 Å². The monoisotopic (exact) mass is 230 g/mol. The number of hydrogen-bond acceptors (Lipinski definition) is 3. The van der Waals surface area contributed by atoms with Crippen LogP contribution < -0.4 is 5.32 Å². The number of phenolic OH excluding ortho intramolecular Hbond substituents is 1. The zero-order valence-corrected chi connectivity index (χ0v) is 9.39. The number of nitrogens with zero attached hydrogens (tertiary/aromatic N) is 1. The first-order chi connectivity index (χ1) is 8.19. The van der Waals surface area contributed by atoms with Crippen molar-refractivity contribution in [3.05, 3.63) is 29.8 Å². The van der Waals surface area contributed by atoms with Gasteiger partial charge in [-0.3, -0.25) is 4.79 Å². The molecule has 1 aliphatic carbocycles. The van der Waals surface area contributed by atoms with E-state index in [2.05, 4.69) is 11.4 Å². The highest BCUT2D eigenvalue weighted by molar-refractivity contribution is 5.79. The molecule has 1 amide bonds. The number of carbonyl (C=O) groups excluding carboxylic acids is 1. The summed E-state index contributed by atoms with van der Waals surface area (Å²) >= 11 is 0. The van der Waals surface area contributed by atoms with Gasteiger partial charge in [0.15, 0.2) is 0 Å². The molecule has 1 aliphatic rings. The summed E-state index contributed by atoms with van der Waals surface area (Å²) in [5, 5.41) is 20.9. The van der Waals surface area contributed by atoms with Gasteiger partial charge >= 0.3 is 0 Å². The minimum absolute atomic E-state index is 0.148. The molecule has 0 saturated heterocycles. The third-order valence-corrected chi connectivity index (χ3v) is 2.82. The predicted octanol–water partition coefficient (Wildman–Crippen LogP) is 1.35. The van der Waals surface area contributed by atoms with Gasteiger partial charge in [0, 0.05) is 0 Å². The summed E-state index contributed by atoms with van der Waals surface area (Å²) in [7, 11) is 0. The standard InChI is InChI=1S/C13H14N2O2/c14-8-12(10-4-5-10)15-13(17)7-9-2-1-3-11(16)6-9/h1-3,6,10,12,16H,4-5,7H2,(H,15,17). The molecule has 0 aromatic heterocycles. The Hall–Kier alpha value is -2.02. The maximum atomic E-state index is 11.7. The first-order valence-electron chi connectivity index (χ1n) is 5.66. The first-order valence-corrected chi connectivity index (χ1v) is 5.66. The van der Waals surface area contributed by atoms with Gasteiger partial charge in [0.05, 0.1) is 12.5 Å². The van der Waals surface area contributed by atoms with E-state index < -0.39 is 0 Å². The molecule has 0 spiro atoms. The average Bonchev–Trinajstić information content (AvgIpc) is 3.09. The molecule has 0 bridgehead atoms. The Morgan fingerprint density at radius 3 is 2.94 bits per heavy atom. The van der Waals surface area contributed by atoms with Crippen LogP contribution >= 0.6 is 0 Å². The lowest BCUT2D eigenvalue weighted by atomic mass is 10.1. The number of amides is 1. The molecule has 88 valence electrons. The van der Waals surface area contributed by atoms with Crippen LogP contribution in [0, 0.1) is 17.2 Å². The van der Waals surface area contributed by atoms with E-state index in [1.165, 1.54) is 0 Å². The summed E-state index contributed by atoms with van der Waals surface area (Å²) in [4.78, 5) is 11.7. The lowest BCUT2D eigenvalue weighted by Crippen LogP contribution is -2.36. The molecule has 2 rings (SSSR count). The summed E-state index contributed by atoms with van der Waals surface area (Å²) in [5.74, 6) is 0.302. The average molecular weight is 230 g/mol. The molecule has 2 N–H and O–H groups in total. The summed E-state index contributed by atoms with van der Waals surface area (Å²) in [6, 6.07) is 8.33. The Labute approximate surface area is 99.9 Å². The summed E-state index contributed by atoms with van der Waals surface area (Å²) < 4.78 is 0. The Morgan fingerprint density at radius 1 is 1.59 bits per heavy atom. The Morgan fingerprint density at radius 2 is 2.35 bits per heavy atom. The summed E-state index contributed by atoms with van der Waals surface area (Å²) in [6.07, 6.45) is 2.23. The largest absolute Gasteiger partial charge is 0.508 e. The minimum Gasteiger partial charge on any atom is -0.508 e. The third kappa shape index (κ3) is 3.22. The van der Waals surface area contributed by atoms with E-state index in [0.29, 0.717) is 5.92 Å². The zero-order chi connectivity index (χ0) is 12.3. The van der Waals surface area contributed by atoms with E-state index in [0.717, 1.165) is 18.4 Å². The van der Waals surface area contributed by atoms with Crippen molar-refractivity contribution >= 4 is 5.91 Å². The maximum Gasteiger partial charge on any atom is 0.225 e. The highest BCUT2D eigenvalue weighted by Gasteiger charge is 2.32. The van der Waals surface area contributed by atoms with Crippen LogP contribution in [0.1, 0.15) is 18.4 Å². The van der Waals surface area contributed by atoms with Crippen LogP contribution in [0.4, 0.5) is 0 Å². The molecule has 4 heteroatoms. The molecular formula is C13H14N2O2. The normalized spacial score (nSPS) is 15.9. The van der Waals surface area contributed by atoms with Crippen molar-refractivity contribution in [1.29, 1.82) is 5.26 Å². The Balaban J connectivity index is 1.90. The quantitative estimate of drug-likeness (QED) is 0.820. The van der Waals surface area contributed by atoms with Crippen molar-refractivity contribution in [2.45, 2.75) is 25.3 Å². The van der Waals surface area contributed by atoms with Crippen molar-refractivity contribution in [3.63, 3.8) is 0 Å². The van der Waals surface area contributed by atoms with E-state index >= 15 is 0 Å². The lowest BCUT2D eigenvalue weighted by molar-refractivity contribution is -0.120. The molecule has 1 unspecified atom stereocenters. The van der Waals surface area contributed by atoms with Gasteiger partial charge in [-0.05, 0) is 36.5 Å². The fraction of sp³-hybridized carbons (Fsp3) is 0.385. The molecule has 1 fully saturated rings. The Kier molecular flexibility index (Phi) is 3.29. The fourth-order valence-electron chi connectivity index (χ4n) is 1.76. The number of hydrogen-bond donors (Lipinski definition) is 2. The highest BCUT2D eigenvalue weighted by Crippen LogP contribution is 2.32. The summed E-state index contributed by atoms with van der Waals surface area (Å²) in [5.41, 5.74) is 0.745. The predicted molar refractivity (Wildman–Crippen MR) is 62.1 cm³/mol. The molecule has 0 heterocycles. The van der Waals surface area contributed by atoms with Gasteiger partial charge in [0.1, 0.15) is 11.8 Å². The van der Waals surface area contributed by atoms with Gasteiger partial charge in [-0.1, -0.05) is 12.1 Å². The lowest BCUT2D eigenvalue weighted by Gasteiger charge is -2.10. The SMILES string of the molecule is N#CC(NC(=O)Cc1cccc(O)c1)C1CC1. The second-order valence-electron chi connectivity index (χ2n) is 4.36. The number of aromatic hydroxyl groups is 1. The molecule has 1 saturated carbocycles. The zero-order valence-electron chi connectivity index (χ0n) is 9.39. The van der Waals surface area contributed by atoms with Crippen molar-refractivity contribution in [1.82, 2.24) is 5.32 Å². The molecule has 1 aromatic rings. The van der Waals surface area contributed by atoms with Crippen molar-refractivity contribution in [2.24, 2.45) is 5.92 Å². The molecular weight excluding hydrogens is 216 g/mol. The number of nitriles is 1. The van der Waals surface area contributed by atoms with Gasteiger partial charge < -0.3 is 10.4 Å². The molecule has 0 radical (unpaired) electrons. The third-order valence-electron chi connectivity index (χ3n) is 2.82. The number of phenols is 1. The number of nitrogens with one attached hydrogen (secondary N) is 1. The van der Waals surface area contributed by atoms with Crippen LogP contribution in [0.2, 0.25) is 0 Å². The summed E-state index contributed by atoms with van der Waals surface area (Å²) in [6.45, 7) is 0. The molecule has 4 nitrogen and oxygen atoms in total. The van der Waals surface area contributed by atoms with Gasteiger partial charge in [-0.25, -0.2) is 0 Å². The van der Waals surface area contributed by atoms with E-state index in [-0.39, 0.29) is 24.1 Å². The molecule has 1 aromatic carbocycles. The maximum absolute atomic E-state index is 11.7. The van der Waals surface area contributed by atoms with Crippen molar-refractivity contribution in [3.8, 4) is 11.8 Å². The molecule has 1 atom stereocenters. The Bertz CT molecular complexity index is 461. The highest BCUT2D eigenvalue weighted by atomic mass is 16.3. The van der Waals surface area contributed by atoms with Crippen LogP contribution in [-0.4, -0.2) is 17.1 Å². The van der Waals surface area contributed by atoms with E-state index in [4.69, 9.17) is 5.26 Å². The van der Waals surface area contributed by atoms with Gasteiger partial charge in [0.2, 0.25) is 5.91 Å². The van der Waals surface area contributed by atoms with Crippen molar-refractivity contribution < 1.29 is 9.90 Å². The second kappa shape index (κ2) is 4.88. The topological polar surface area (TPSA) is 73.1 Å². The van der Waals surface area contributed by atoms with E-state index in [1.54, 1.807) is 24.3 Å². The minimum atomic E-state index is -0.361.